The van der Waals surface area contributed by atoms with Crippen LogP contribution in [0.25, 0.3) is 0 Å². The molecule has 0 spiro atoms. The van der Waals surface area contributed by atoms with Gasteiger partial charge < -0.3 is 15.7 Å². The minimum absolute atomic E-state index is 0.231. The van der Waals surface area contributed by atoms with Crippen molar-refractivity contribution < 1.29 is 5.11 Å². The van der Waals surface area contributed by atoms with Gasteiger partial charge in [-0.15, -0.1) is 0 Å². The lowest BCUT2D eigenvalue weighted by atomic mass is 10.1. The van der Waals surface area contributed by atoms with E-state index in [1.54, 1.807) is 0 Å². The van der Waals surface area contributed by atoms with E-state index in [-0.39, 0.29) is 6.61 Å². The zero-order chi connectivity index (χ0) is 13.0. The second-order valence-electron chi connectivity index (χ2n) is 4.53. The number of nitrogens with two attached hydrogens (primary N) is 1. The van der Waals surface area contributed by atoms with Crippen molar-refractivity contribution >= 4 is 17.3 Å². The van der Waals surface area contributed by atoms with Gasteiger partial charge in [0.2, 0.25) is 0 Å². The number of benzene rings is 1. The average molecular weight is 270 g/mol. The van der Waals surface area contributed by atoms with Gasteiger partial charge in [-0.2, -0.15) is 0 Å². The lowest BCUT2D eigenvalue weighted by Crippen LogP contribution is -2.47. The maximum Gasteiger partial charge on any atom is 0.0558 e. The summed E-state index contributed by atoms with van der Waals surface area (Å²) >= 11 is 5.99. The molecular formula is C13H20ClN3O. The van der Waals surface area contributed by atoms with Crippen LogP contribution in [0, 0.1) is 0 Å². The highest BCUT2D eigenvalue weighted by atomic mass is 35.5. The van der Waals surface area contributed by atoms with Gasteiger partial charge in [-0.25, -0.2) is 0 Å². The summed E-state index contributed by atoms with van der Waals surface area (Å²) in [5, 5.41) is 9.66. The molecule has 0 radical (unpaired) electrons. The molecule has 0 amide bonds. The molecule has 1 aromatic carbocycles. The Kier molecular flexibility index (Phi) is 4.83. The van der Waals surface area contributed by atoms with Crippen LogP contribution in [0.15, 0.2) is 18.2 Å². The average Bonchev–Trinajstić information content (AvgIpc) is 2.40. The van der Waals surface area contributed by atoms with Crippen LogP contribution in [0.4, 0.5) is 5.69 Å². The van der Waals surface area contributed by atoms with E-state index in [0.717, 1.165) is 43.3 Å². The third-order valence-corrected chi connectivity index (χ3v) is 3.63. The zero-order valence-corrected chi connectivity index (χ0v) is 11.2. The molecule has 0 unspecified atom stereocenters. The van der Waals surface area contributed by atoms with E-state index in [9.17, 15) is 0 Å². The first-order valence-electron chi connectivity index (χ1n) is 6.31. The van der Waals surface area contributed by atoms with E-state index in [1.807, 2.05) is 18.2 Å². The number of rotatable bonds is 4. The molecule has 0 bridgehead atoms. The van der Waals surface area contributed by atoms with Crippen molar-refractivity contribution in [3.05, 3.63) is 28.8 Å². The van der Waals surface area contributed by atoms with E-state index in [0.29, 0.717) is 6.54 Å². The standard InChI is InChI=1S/C13H20ClN3O/c14-12-1-2-13(11(9-12)10-15)17-5-3-16(4-6-17)7-8-18/h1-2,9,18H,3-8,10,15H2. The topological polar surface area (TPSA) is 52.7 Å². The number of piperazine rings is 1. The summed E-state index contributed by atoms with van der Waals surface area (Å²) in [4.78, 5) is 4.61. The molecule has 1 saturated heterocycles. The number of aliphatic hydroxyl groups is 1. The van der Waals surface area contributed by atoms with E-state index in [4.69, 9.17) is 22.4 Å². The molecule has 5 heteroatoms. The summed E-state index contributed by atoms with van der Waals surface area (Å²) < 4.78 is 0. The van der Waals surface area contributed by atoms with Crippen molar-refractivity contribution in [3.8, 4) is 0 Å². The second kappa shape index (κ2) is 6.38. The third kappa shape index (κ3) is 3.14. The maximum atomic E-state index is 8.93. The van der Waals surface area contributed by atoms with Crippen molar-refractivity contribution in [3.63, 3.8) is 0 Å². The van der Waals surface area contributed by atoms with E-state index in [2.05, 4.69) is 9.80 Å². The first-order valence-corrected chi connectivity index (χ1v) is 6.69. The molecule has 1 aromatic rings. The monoisotopic (exact) mass is 269 g/mol. The zero-order valence-electron chi connectivity index (χ0n) is 10.5. The van der Waals surface area contributed by atoms with Crippen LogP contribution in [-0.4, -0.2) is 49.3 Å². The number of hydrogen-bond donors (Lipinski definition) is 2. The molecule has 0 aromatic heterocycles. The number of hydrogen-bond acceptors (Lipinski definition) is 4. The second-order valence-corrected chi connectivity index (χ2v) is 4.97. The summed E-state index contributed by atoms with van der Waals surface area (Å²) in [5.41, 5.74) is 8.05. The molecule has 1 aliphatic heterocycles. The number of anilines is 1. The Balaban J connectivity index is 2.05. The van der Waals surface area contributed by atoms with E-state index < -0.39 is 0 Å². The maximum absolute atomic E-state index is 8.93. The third-order valence-electron chi connectivity index (χ3n) is 3.39. The lowest BCUT2D eigenvalue weighted by Gasteiger charge is -2.36. The molecule has 4 nitrogen and oxygen atoms in total. The molecule has 1 heterocycles. The summed E-state index contributed by atoms with van der Waals surface area (Å²) in [6.45, 7) is 5.39. The highest BCUT2D eigenvalue weighted by Crippen LogP contribution is 2.25. The molecular weight excluding hydrogens is 250 g/mol. The van der Waals surface area contributed by atoms with Gasteiger partial charge in [0, 0.05) is 50.0 Å². The van der Waals surface area contributed by atoms with E-state index in [1.165, 1.54) is 5.69 Å². The van der Waals surface area contributed by atoms with Gasteiger partial charge in [-0.1, -0.05) is 11.6 Å². The van der Waals surface area contributed by atoms with Gasteiger partial charge in [-0.3, -0.25) is 4.90 Å². The minimum atomic E-state index is 0.231. The van der Waals surface area contributed by atoms with Gasteiger partial charge in [0.25, 0.3) is 0 Å². The Morgan fingerprint density at radius 3 is 2.56 bits per heavy atom. The predicted molar refractivity (Wildman–Crippen MR) is 75.1 cm³/mol. The highest BCUT2D eigenvalue weighted by molar-refractivity contribution is 6.30. The van der Waals surface area contributed by atoms with Crippen LogP contribution in [0.3, 0.4) is 0 Å². The van der Waals surface area contributed by atoms with Crippen molar-refractivity contribution in [1.82, 2.24) is 4.90 Å². The van der Waals surface area contributed by atoms with Gasteiger partial charge in [0.15, 0.2) is 0 Å². The van der Waals surface area contributed by atoms with Crippen LogP contribution in [0.5, 0.6) is 0 Å². The van der Waals surface area contributed by atoms with Crippen molar-refractivity contribution in [2.24, 2.45) is 5.73 Å². The molecule has 3 N–H and O–H groups in total. The Labute approximate surface area is 113 Å². The number of β-amino-alcohol motifs (C(OH)–C–C–N with tert-alkyl or cyclic N) is 1. The summed E-state index contributed by atoms with van der Waals surface area (Å²) in [5.74, 6) is 0. The first-order chi connectivity index (χ1) is 8.74. The number of nitrogens with zero attached hydrogens (tertiary/aromatic N) is 2. The fourth-order valence-corrected chi connectivity index (χ4v) is 2.57. The van der Waals surface area contributed by atoms with Crippen LogP contribution < -0.4 is 10.6 Å². The minimum Gasteiger partial charge on any atom is -0.395 e. The van der Waals surface area contributed by atoms with Crippen LogP contribution in [-0.2, 0) is 6.54 Å². The Morgan fingerprint density at radius 2 is 1.94 bits per heavy atom. The molecule has 100 valence electrons. The Morgan fingerprint density at radius 1 is 1.22 bits per heavy atom. The quantitative estimate of drug-likeness (QED) is 0.853. The summed E-state index contributed by atoms with van der Waals surface area (Å²) in [6, 6.07) is 5.90. The Hall–Kier alpha value is -0.810. The molecule has 0 saturated carbocycles. The molecule has 18 heavy (non-hydrogen) atoms. The summed E-state index contributed by atoms with van der Waals surface area (Å²) in [7, 11) is 0. The molecule has 2 rings (SSSR count). The first kappa shape index (κ1) is 13.6. The molecule has 1 fully saturated rings. The molecule has 0 aliphatic carbocycles. The predicted octanol–water partition coefficient (Wildman–Crippen LogP) is 0.913. The lowest BCUT2D eigenvalue weighted by molar-refractivity contribution is 0.188. The van der Waals surface area contributed by atoms with Crippen molar-refractivity contribution in [2.75, 3.05) is 44.2 Å². The number of aliphatic hydroxyl groups excluding tert-OH is 1. The van der Waals surface area contributed by atoms with Gasteiger partial charge in [0.1, 0.15) is 0 Å². The van der Waals surface area contributed by atoms with Gasteiger partial charge in [0.05, 0.1) is 6.61 Å². The SMILES string of the molecule is NCc1cc(Cl)ccc1N1CCN(CCO)CC1. The molecule has 1 aliphatic rings. The van der Waals surface area contributed by atoms with Crippen molar-refractivity contribution in [2.45, 2.75) is 6.54 Å². The van der Waals surface area contributed by atoms with Crippen molar-refractivity contribution in [1.29, 1.82) is 0 Å². The van der Waals surface area contributed by atoms with Crippen LogP contribution in [0.2, 0.25) is 5.02 Å². The van der Waals surface area contributed by atoms with Gasteiger partial charge >= 0.3 is 0 Å². The normalized spacial score (nSPS) is 17.2. The summed E-state index contributed by atoms with van der Waals surface area (Å²) in [6.07, 6.45) is 0. The largest absolute Gasteiger partial charge is 0.395 e. The fraction of sp³-hybridized carbons (Fsp3) is 0.538. The highest BCUT2D eigenvalue weighted by Gasteiger charge is 2.18. The number of halogens is 1. The fourth-order valence-electron chi connectivity index (χ4n) is 2.38. The molecule has 0 atom stereocenters. The van der Waals surface area contributed by atoms with E-state index >= 15 is 0 Å². The van der Waals surface area contributed by atoms with Crippen LogP contribution >= 0.6 is 11.6 Å². The smallest absolute Gasteiger partial charge is 0.0558 e. The Bertz CT molecular complexity index is 392. The van der Waals surface area contributed by atoms with Crippen LogP contribution in [0.1, 0.15) is 5.56 Å². The van der Waals surface area contributed by atoms with Gasteiger partial charge in [-0.05, 0) is 23.8 Å².